The highest BCUT2D eigenvalue weighted by Crippen LogP contribution is 2.35. The summed E-state index contributed by atoms with van der Waals surface area (Å²) in [5, 5.41) is 13.1. The highest BCUT2D eigenvalue weighted by molar-refractivity contribution is 9.11. The zero-order chi connectivity index (χ0) is 11.7. The predicted molar refractivity (Wildman–Crippen MR) is 70.9 cm³/mol. The second-order valence-corrected chi connectivity index (χ2v) is 4.66. The molecule has 0 heterocycles. The van der Waals surface area contributed by atoms with E-state index in [0.717, 1.165) is 15.4 Å². The molecule has 0 amide bonds. The van der Waals surface area contributed by atoms with Gasteiger partial charge in [0.05, 0.1) is 10.3 Å². The van der Waals surface area contributed by atoms with Crippen LogP contribution in [0.3, 0.4) is 0 Å². The molecule has 0 fully saturated rings. The molecule has 0 atom stereocenters. The van der Waals surface area contributed by atoms with Crippen LogP contribution in [0.2, 0.25) is 0 Å². The monoisotopic (exact) mass is 343 g/mol. The van der Waals surface area contributed by atoms with Gasteiger partial charge in [-0.25, -0.2) is 0 Å². The van der Waals surface area contributed by atoms with Gasteiger partial charge >= 0.3 is 0 Å². The molecule has 82 valence electrons. The van der Waals surface area contributed by atoms with Gasteiger partial charge < -0.3 is 0 Å². The maximum absolute atomic E-state index is 10.9. The SMILES string of the molecule is O=[N+]([O-])c1cccc2ccc(CBr)c(Br)c12. The van der Waals surface area contributed by atoms with Crippen molar-refractivity contribution < 1.29 is 4.92 Å². The van der Waals surface area contributed by atoms with E-state index in [0.29, 0.717) is 10.7 Å². The Hall–Kier alpha value is -0.940. The van der Waals surface area contributed by atoms with Crippen molar-refractivity contribution in [3.05, 3.63) is 50.5 Å². The van der Waals surface area contributed by atoms with E-state index >= 15 is 0 Å². The second kappa shape index (κ2) is 4.51. The number of fused-ring (bicyclic) bond motifs is 1. The number of nitrogens with zero attached hydrogens (tertiary/aromatic N) is 1. The van der Waals surface area contributed by atoms with Crippen LogP contribution in [0.15, 0.2) is 34.8 Å². The zero-order valence-corrected chi connectivity index (χ0v) is 11.3. The normalized spacial score (nSPS) is 10.6. The van der Waals surface area contributed by atoms with Gasteiger partial charge in [-0.15, -0.1) is 0 Å². The zero-order valence-electron chi connectivity index (χ0n) is 8.11. The van der Waals surface area contributed by atoms with Crippen LogP contribution in [0.4, 0.5) is 5.69 Å². The van der Waals surface area contributed by atoms with E-state index in [4.69, 9.17) is 0 Å². The van der Waals surface area contributed by atoms with E-state index in [2.05, 4.69) is 31.9 Å². The van der Waals surface area contributed by atoms with Gasteiger partial charge in [0.1, 0.15) is 0 Å². The number of hydrogen-bond acceptors (Lipinski definition) is 2. The molecule has 0 saturated carbocycles. The Kier molecular flexibility index (Phi) is 3.25. The molecule has 0 aliphatic heterocycles. The van der Waals surface area contributed by atoms with Gasteiger partial charge in [-0.1, -0.05) is 40.2 Å². The van der Waals surface area contributed by atoms with Crippen LogP contribution < -0.4 is 0 Å². The number of alkyl halides is 1. The van der Waals surface area contributed by atoms with E-state index in [-0.39, 0.29) is 10.6 Å². The number of benzene rings is 2. The molecule has 2 aromatic carbocycles. The largest absolute Gasteiger partial charge is 0.278 e. The Balaban J connectivity index is 2.88. The van der Waals surface area contributed by atoms with Gasteiger partial charge in [0.2, 0.25) is 0 Å². The van der Waals surface area contributed by atoms with Crippen molar-refractivity contribution in [1.82, 2.24) is 0 Å². The number of hydrogen-bond donors (Lipinski definition) is 0. The van der Waals surface area contributed by atoms with Crippen molar-refractivity contribution in [3.8, 4) is 0 Å². The molecule has 0 saturated heterocycles. The van der Waals surface area contributed by atoms with Crippen LogP contribution in [0.5, 0.6) is 0 Å². The fourth-order valence-electron chi connectivity index (χ4n) is 1.61. The molecule has 0 aliphatic rings. The van der Waals surface area contributed by atoms with Crippen molar-refractivity contribution in [2.45, 2.75) is 5.33 Å². The van der Waals surface area contributed by atoms with E-state index in [1.165, 1.54) is 6.07 Å². The van der Waals surface area contributed by atoms with E-state index in [1.54, 1.807) is 6.07 Å². The van der Waals surface area contributed by atoms with Gasteiger partial charge in [-0.05, 0) is 26.9 Å². The third-order valence-corrected chi connectivity index (χ3v) is 3.89. The van der Waals surface area contributed by atoms with Crippen molar-refractivity contribution in [2.75, 3.05) is 0 Å². The van der Waals surface area contributed by atoms with Crippen molar-refractivity contribution in [2.24, 2.45) is 0 Å². The highest BCUT2D eigenvalue weighted by atomic mass is 79.9. The maximum atomic E-state index is 10.9. The minimum absolute atomic E-state index is 0.132. The fourth-order valence-corrected chi connectivity index (χ4v) is 3.16. The number of rotatable bonds is 2. The molecule has 0 bridgehead atoms. The summed E-state index contributed by atoms with van der Waals surface area (Å²) in [5.41, 5.74) is 1.13. The first kappa shape index (κ1) is 11.5. The lowest BCUT2D eigenvalue weighted by Gasteiger charge is -2.05. The number of non-ortho nitro benzene ring substituents is 1. The molecule has 2 aromatic rings. The molecule has 5 heteroatoms. The lowest BCUT2D eigenvalue weighted by atomic mass is 10.1. The standard InChI is InChI=1S/C11H7Br2NO2/c12-6-8-5-4-7-2-1-3-9(14(15)16)10(7)11(8)13/h1-5H,6H2. The molecule has 0 spiro atoms. The number of nitro groups is 1. The summed E-state index contributed by atoms with van der Waals surface area (Å²) in [7, 11) is 0. The van der Waals surface area contributed by atoms with Crippen LogP contribution in [0.1, 0.15) is 5.56 Å². The van der Waals surface area contributed by atoms with Crippen LogP contribution in [0.25, 0.3) is 10.8 Å². The van der Waals surface area contributed by atoms with Crippen LogP contribution >= 0.6 is 31.9 Å². The lowest BCUT2D eigenvalue weighted by molar-refractivity contribution is -0.383. The lowest BCUT2D eigenvalue weighted by Crippen LogP contribution is -1.91. The summed E-state index contributed by atoms with van der Waals surface area (Å²) in [4.78, 5) is 10.6. The topological polar surface area (TPSA) is 43.1 Å². The minimum Gasteiger partial charge on any atom is -0.258 e. The third-order valence-electron chi connectivity index (χ3n) is 2.38. The fraction of sp³-hybridized carbons (Fsp3) is 0.0909. The van der Waals surface area contributed by atoms with Crippen molar-refractivity contribution in [1.29, 1.82) is 0 Å². The molecule has 0 radical (unpaired) electrons. The predicted octanol–water partition coefficient (Wildman–Crippen LogP) is 4.41. The van der Waals surface area contributed by atoms with Crippen LogP contribution in [0, 0.1) is 10.1 Å². The first-order chi connectivity index (χ1) is 7.65. The molecular weight excluding hydrogens is 338 g/mol. The van der Waals surface area contributed by atoms with Crippen LogP contribution in [-0.4, -0.2) is 4.92 Å². The number of nitro benzene ring substituents is 1. The average Bonchev–Trinajstić information content (AvgIpc) is 2.29. The quantitative estimate of drug-likeness (QED) is 0.460. The van der Waals surface area contributed by atoms with Gasteiger partial charge in [-0.2, -0.15) is 0 Å². The van der Waals surface area contributed by atoms with E-state index in [9.17, 15) is 10.1 Å². The first-order valence-corrected chi connectivity index (χ1v) is 6.47. The molecule has 0 aliphatic carbocycles. The maximum Gasteiger partial charge on any atom is 0.278 e. The van der Waals surface area contributed by atoms with Crippen LogP contribution in [-0.2, 0) is 5.33 Å². The first-order valence-electron chi connectivity index (χ1n) is 4.55. The summed E-state index contributed by atoms with van der Waals surface area (Å²) < 4.78 is 0.786. The Morgan fingerprint density at radius 2 is 2.00 bits per heavy atom. The van der Waals surface area contributed by atoms with Gasteiger partial charge in [-0.3, -0.25) is 10.1 Å². The van der Waals surface area contributed by atoms with E-state index in [1.807, 2.05) is 18.2 Å². The van der Waals surface area contributed by atoms with Crippen molar-refractivity contribution >= 4 is 48.3 Å². The Morgan fingerprint density at radius 3 is 2.62 bits per heavy atom. The highest BCUT2D eigenvalue weighted by Gasteiger charge is 2.15. The third kappa shape index (κ3) is 1.85. The Labute approximate surface area is 109 Å². The Bertz CT molecular complexity index is 569. The molecule has 0 N–H and O–H groups in total. The van der Waals surface area contributed by atoms with Gasteiger partial charge in [0.15, 0.2) is 0 Å². The minimum atomic E-state index is -0.356. The van der Waals surface area contributed by atoms with Crippen molar-refractivity contribution in [3.63, 3.8) is 0 Å². The summed E-state index contributed by atoms with van der Waals surface area (Å²) in [6, 6.07) is 8.92. The number of halogens is 2. The second-order valence-electron chi connectivity index (χ2n) is 3.30. The molecule has 2 rings (SSSR count). The molecule has 16 heavy (non-hydrogen) atoms. The van der Waals surface area contributed by atoms with Gasteiger partial charge in [0, 0.05) is 15.9 Å². The van der Waals surface area contributed by atoms with Gasteiger partial charge in [0.25, 0.3) is 5.69 Å². The summed E-state index contributed by atoms with van der Waals surface area (Å²) in [5.74, 6) is 0. The molecular formula is C11H7Br2NO2. The molecule has 0 unspecified atom stereocenters. The summed E-state index contributed by atoms with van der Waals surface area (Å²) in [6.45, 7) is 0. The summed E-state index contributed by atoms with van der Waals surface area (Å²) in [6.07, 6.45) is 0. The Morgan fingerprint density at radius 1 is 1.25 bits per heavy atom. The summed E-state index contributed by atoms with van der Waals surface area (Å²) >= 11 is 6.78. The average molecular weight is 345 g/mol. The molecule has 3 nitrogen and oxygen atoms in total. The van der Waals surface area contributed by atoms with E-state index < -0.39 is 0 Å². The smallest absolute Gasteiger partial charge is 0.258 e. The molecule has 0 aromatic heterocycles.